The van der Waals surface area contributed by atoms with E-state index in [1.807, 2.05) is 0 Å². The molecule has 0 saturated carbocycles. The van der Waals surface area contributed by atoms with Crippen molar-refractivity contribution in [3.63, 3.8) is 0 Å². The summed E-state index contributed by atoms with van der Waals surface area (Å²) in [4.78, 5) is 7.58. The summed E-state index contributed by atoms with van der Waals surface area (Å²) in [6.07, 6.45) is 1.33. The molecule has 0 fully saturated rings. The first-order valence-corrected chi connectivity index (χ1v) is 5.64. The Kier molecular flexibility index (Phi) is 3.80. The predicted octanol–water partition coefficient (Wildman–Crippen LogP) is 2.74. The van der Waals surface area contributed by atoms with E-state index < -0.39 is 17.8 Å². The van der Waals surface area contributed by atoms with Crippen LogP contribution in [0.5, 0.6) is 0 Å². The monoisotopic (exact) mass is 267 g/mol. The molecule has 6 heteroatoms. The van der Waals surface area contributed by atoms with Crippen LogP contribution in [0.3, 0.4) is 0 Å². The van der Waals surface area contributed by atoms with E-state index in [0.29, 0.717) is 6.42 Å². The molecule has 0 saturated heterocycles. The van der Waals surface area contributed by atoms with E-state index in [9.17, 15) is 13.2 Å². The van der Waals surface area contributed by atoms with Crippen LogP contribution in [0.4, 0.5) is 13.2 Å². The van der Waals surface area contributed by atoms with Gasteiger partial charge in [0.25, 0.3) is 0 Å². The molecule has 19 heavy (non-hydrogen) atoms. The number of hydrogen-bond donors (Lipinski definition) is 1. The molecule has 2 rings (SSSR count). The minimum Gasteiger partial charge on any atom is -0.324 e. The fraction of sp³-hybridized carbons (Fsp3) is 0.231. The van der Waals surface area contributed by atoms with Crippen molar-refractivity contribution in [2.24, 2.45) is 5.73 Å². The Morgan fingerprint density at radius 3 is 2.32 bits per heavy atom. The van der Waals surface area contributed by atoms with Crippen LogP contribution in [0.15, 0.2) is 43.0 Å². The molecule has 2 aromatic rings. The first-order chi connectivity index (χ1) is 8.98. The second-order valence-electron chi connectivity index (χ2n) is 4.13. The Labute approximate surface area is 108 Å². The maximum Gasteiger partial charge on any atom is 0.416 e. The summed E-state index contributed by atoms with van der Waals surface area (Å²) < 4.78 is 38.6. The lowest BCUT2D eigenvalue weighted by molar-refractivity contribution is -0.138. The number of nitrogens with two attached hydrogens (primary N) is 1. The van der Waals surface area contributed by atoms with Gasteiger partial charge >= 0.3 is 6.18 Å². The predicted molar refractivity (Wildman–Crippen MR) is 64.1 cm³/mol. The second kappa shape index (κ2) is 5.36. The molecule has 0 aromatic carbocycles. The summed E-state index contributed by atoms with van der Waals surface area (Å²) in [6.45, 7) is 0. The van der Waals surface area contributed by atoms with Crippen molar-refractivity contribution in [3.8, 4) is 0 Å². The molecule has 0 spiro atoms. The van der Waals surface area contributed by atoms with Crippen molar-refractivity contribution >= 4 is 0 Å². The van der Waals surface area contributed by atoms with Crippen molar-refractivity contribution in [2.75, 3.05) is 0 Å². The lowest BCUT2D eigenvalue weighted by Gasteiger charge is -2.17. The van der Waals surface area contributed by atoms with Crippen LogP contribution < -0.4 is 5.73 Å². The molecule has 2 N–H and O–H groups in total. The molecule has 0 radical (unpaired) electrons. The summed E-state index contributed by atoms with van der Waals surface area (Å²) in [5, 5.41) is 0. The zero-order valence-electron chi connectivity index (χ0n) is 9.93. The normalized spacial score (nSPS) is 13.3. The highest BCUT2D eigenvalue weighted by atomic mass is 19.4. The molecule has 0 aliphatic heterocycles. The quantitative estimate of drug-likeness (QED) is 0.930. The van der Waals surface area contributed by atoms with E-state index in [1.165, 1.54) is 6.20 Å². The number of hydrogen-bond acceptors (Lipinski definition) is 3. The molecule has 0 aliphatic rings. The van der Waals surface area contributed by atoms with Gasteiger partial charge in [-0.25, -0.2) is 0 Å². The lowest BCUT2D eigenvalue weighted by atomic mass is 9.97. The zero-order valence-corrected chi connectivity index (χ0v) is 9.93. The van der Waals surface area contributed by atoms with Crippen LogP contribution in [0.2, 0.25) is 0 Å². The third kappa shape index (κ3) is 3.29. The fourth-order valence-corrected chi connectivity index (χ4v) is 1.84. The van der Waals surface area contributed by atoms with Gasteiger partial charge in [-0.15, -0.1) is 0 Å². The van der Waals surface area contributed by atoms with Crippen molar-refractivity contribution in [1.29, 1.82) is 0 Å². The third-order valence-corrected chi connectivity index (χ3v) is 2.76. The Bertz CT molecular complexity index is 540. The number of aromatic nitrogens is 2. The van der Waals surface area contributed by atoms with Gasteiger partial charge in [-0.1, -0.05) is 0 Å². The van der Waals surface area contributed by atoms with Crippen molar-refractivity contribution in [3.05, 3.63) is 59.7 Å². The average Bonchev–Trinajstić information content (AvgIpc) is 2.39. The minimum atomic E-state index is -4.42. The van der Waals surface area contributed by atoms with Gasteiger partial charge in [0.2, 0.25) is 0 Å². The third-order valence-electron chi connectivity index (χ3n) is 2.76. The van der Waals surface area contributed by atoms with Crippen molar-refractivity contribution < 1.29 is 13.2 Å². The van der Waals surface area contributed by atoms with Crippen LogP contribution in [0, 0.1) is 0 Å². The molecule has 3 nitrogen and oxygen atoms in total. The molecule has 2 aromatic heterocycles. The molecule has 1 unspecified atom stereocenters. The molecule has 0 bridgehead atoms. The Morgan fingerprint density at radius 2 is 1.68 bits per heavy atom. The maximum atomic E-state index is 12.9. The van der Waals surface area contributed by atoms with Crippen LogP contribution in [0.1, 0.15) is 22.7 Å². The number of alkyl halides is 3. The molecular formula is C13H12F3N3. The van der Waals surface area contributed by atoms with Crippen molar-refractivity contribution in [1.82, 2.24) is 9.97 Å². The highest BCUT2D eigenvalue weighted by Gasteiger charge is 2.34. The smallest absolute Gasteiger partial charge is 0.324 e. The fourth-order valence-electron chi connectivity index (χ4n) is 1.84. The summed E-state index contributed by atoms with van der Waals surface area (Å²) >= 11 is 0. The number of rotatable bonds is 3. The standard InChI is InChI=1S/C13H12F3N3/c14-13(15,16)11-3-6-19-8-10(11)12(17)7-9-1-4-18-5-2-9/h1-6,8,12H,7,17H2. The number of halogens is 3. The van der Waals surface area contributed by atoms with Crippen LogP contribution >= 0.6 is 0 Å². The first kappa shape index (κ1) is 13.5. The van der Waals surface area contributed by atoms with Gasteiger partial charge in [-0.2, -0.15) is 13.2 Å². The van der Waals surface area contributed by atoms with E-state index in [-0.39, 0.29) is 5.56 Å². The van der Waals surface area contributed by atoms with Gasteiger partial charge < -0.3 is 5.73 Å². The molecule has 2 heterocycles. The molecule has 0 aliphatic carbocycles. The van der Waals surface area contributed by atoms with Gasteiger partial charge in [0.05, 0.1) is 5.56 Å². The van der Waals surface area contributed by atoms with E-state index in [4.69, 9.17) is 5.73 Å². The Morgan fingerprint density at radius 1 is 1.05 bits per heavy atom. The van der Waals surface area contributed by atoms with Gasteiger partial charge in [-0.05, 0) is 35.7 Å². The van der Waals surface area contributed by atoms with E-state index in [2.05, 4.69) is 9.97 Å². The Balaban J connectivity index is 2.27. The summed E-state index contributed by atoms with van der Waals surface area (Å²) in [7, 11) is 0. The minimum absolute atomic E-state index is 0.00631. The largest absolute Gasteiger partial charge is 0.416 e. The lowest BCUT2D eigenvalue weighted by Crippen LogP contribution is -2.19. The van der Waals surface area contributed by atoms with Crippen molar-refractivity contribution in [2.45, 2.75) is 18.6 Å². The number of nitrogens with zero attached hydrogens (tertiary/aromatic N) is 2. The Hall–Kier alpha value is -1.95. The van der Waals surface area contributed by atoms with Gasteiger partial charge in [-0.3, -0.25) is 9.97 Å². The molecule has 100 valence electrons. The van der Waals surface area contributed by atoms with Gasteiger partial charge in [0.1, 0.15) is 0 Å². The van der Waals surface area contributed by atoms with Gasteiger partial charge in [0.15, 0.2) is 0 Å². The van der Waals surface area contributed by atoms with E-state index in [1.54, 1.807) is 24.5 Å². The topological polar surface area (TPSA) is 51.8 Å². The molecular weight excluding hydrogens is 255 g/mol. The highest BCUT2D eigenvalue weighted by Crippen LogP contribution is 2.34. The summed E-state index contributed by atoms with van der Waals surface area (Å²) in [5.74, 6) is 0. The van der Waals surface area contributed by atoms with E-state index in [0.717, 1.165) is 17.8 Å². The zero-order chi connectivity index (χ0) is 13.9. The first-order valence-electron chi connectivity index (χ1n) is 5.64. The maximum absolute atomic E-state index is 12.9. The SMILES string of the molecule is NC(Cc1ccncc1)c1cnccc1C(F)(F)F. The van der Waals surface area contributed by atoms with Crippen LogP contribution in [-0.2, 0) is 12.6 Å². The second-order valence-corrected chi connectivity index (χ2v) is 4.13. The van der Waals surface area contributed by atoms with Crippen LogP contribution in [0.25, 0.3) is 0 Å². The molecule has 0 amide bonds. The van der Waals surface area contributed by atoms with Crippen LogP contribution in [-0.4, -0.2) is 9.97 Å². The number of pyridine rings is 2. The highest BCUT2D eigenvalue weighted by molar-refractivity contribution is 5.30. The summed E-state index contributed by atoms with van der Waals surface area (Å²) in [6, 6.07) is 3.64. The van der Waals surface area contributed by atoms with Gasteiger partial charge in [0, 0.05) is 30.8 Å². The summed E-state index contributed by atoms with van der Waals surface area (Å²) in [5.41, 5.74) is 5.97. The average molecular weight is 267 g/mol. The van der Waals surface area contributed by atoms with E-state index >= 15 is 0 Å². The molecule has 1 atom stereocenters.